The van der Waals surface area contributed by atoms with Crippen LogP contribution in [0, 0.1) is 0 Å². The molecule has 3 N–H and O–H groups in total. The van der Waals surface area contributed by atoms with Crippen molar-refractivity contribution in [2.45, 2.75) is 18.9 Å². The van der Waals surface area contributed by atoms with E-state index < -0.39 is 22.1 Å². The van der Waals surface area contributed by atoms with Crippen LogP contribution in [0.2, 0.25) is 10.0 Å². The van der Waals surface area contributed by atoms with Crippen LogP contribution in [0.4, 0.5) is 0 Å². The fourth-order valence-electron chi connectivity index (χ4n) is 2.25. The second-order valence-electron chi connectivity index (χ2n) is 7.07. The summed E-state index contributed by atoms with van der Waals surface area (Å²) in [5.41, 5.74) is 3.97. The average Bonchev–Trinajstić information content (AvgIpc) is 2.77. The molecule has 0 spiro atoms. The fourth-order valence-corrected chi connectivity index (χ4v) is 2.50. The summed E-state index contributed by atoms with van der Waals surface area (Å²) in [6, 6.07) is 13.3. The molecule has 0 aliphatic rings. The van der Waals surface area contributed by atoms with Gasteiger partial charge in [-0.3, -0.25) is 0 Å². The van der Waals surface area contributed by atoms with Crippen LogP contribution in [-0.4, -0.2) is 63.6 Å². The highest BCUT2D eigenvalue weighted by molar-refractivity contribution is 7.84. The van der Waals surface area contributed by atoms with E-state index in [1.165, 1.54) is 0 Å². The van der Waals surface area contributed by atoms with E-state index in [1.807, 2.05) is 0 Å². The molecule has 0 fully saturated rings. The lowest BCUT2D eigenvalue weighted by atomic mass is 10.2. The van der Waals surface area contributed by atoms with Gasteiger partial charge in [-0.05, 0) is 48.5 Å². The number of carbonyl (C=O) groups is 2. The highest BCUT2D eigenvalue weighted by Gasteiger charge is 2.11. The van der Waals surface area contributed by atoms with Gasteiger partial charge in [0.25, 0.3) is 0 Å². The molecular weight excluding hydrogens is 525 g/mol. The lowest BCUT2D eigenvalue weighted by Gasteiger charge is -2.11. The van der Waals surface area contributed by atoms with Crippen LogP contribution in [0.15, 0.2) is 48.5 Å². The zero-order valence-electron chi connectivity index (χ0n) is 19.0. The van der Waals surface area contributed by atoms with Crippen molar-refractivity contribution in [1.82, 2.24) is 0 Å². The van der Waals surface area contributed by atoms with Gasteiger partial charge >= 0.3 is 11.9 Å². The maximum atomic E-state index is 11.7. The van der Waals surface area contributed by atoms with E-state index >= 15 is 0 Å². The van der Waals surface area contributed by atoms with Gasteiger partial charge in [-0.25, -0.2) is 18.0 Å². The number of rotatable bonds is 12. The van der Waals surface area contributed by atoms with Crippen LogP contribution in [-0.2, 0) is 29.2 Å². The lowest BCUT2D eigenvalue weighted by molar-refractivity contribution is -0.424. The number of quaternary nitrogens is 1. The van der Waals surface area contributed by atoms with Gasteiger partial charge in [0.15, 0.2) is 13.2 Å². The van der Waals surface area contributed by atoms with Gasteiger partial charge in [0.2, 0.25) is 0 Å². The zero-order valence-corrected chi connectivity index (χ0v) is 21.3. The molecule has 0 heterocycles. The van der Waals surface area contributed by atoms with Gasteiger partial charge in [0.05, 0.1) is 29.4 Å². The number of hydrogen-bond acceptors (Lipinski definition) is 9. The number of carbonyl (C=O) groups excluding carboxylic acids is 2. The van der Waals surface area contributed by atoms with Crippen molar-refractivity contribution in [3.8, 4) is 11.5 Å². The average molecular weight is 552 g/mol. The monoisotopic (exact) mass is 551 g/mol. The highest BCUT2D eigenvalue weighted by atomic mass is 35.5. The predicted octanol–water partition coefficient (Wildman–Crippen LogP) is 2.09. The van der Waals surface area contributed by atoms with Gasteiger partial charge in [0, 0.05) is 29.1 Å². The summed E-state index contributed by atoms with van der Waals surface area (Å²) in [4.78, 5) is 23.4. The van der Waals surface area contributed by atoms with Gasteiger partial charge in [-0.15, -0.1) is 0 Å². The molecule has 2 aromatic rings. The van der Waals surface area contributed by atoms with Crippen molar-refractivity contribution in [2.24, 2.45) is 0 Å². The topological polar surface area (TPSA) is 156 Å². The van der Waals surface area contributed by atoms with E-state index in [2.05, 4.69) is 5.73 Å². The van der Waals surface area contributed by atoms with Crippen LogP contribution in [0.25, 0.3) is 0 Å². The first-order valence-corrected chi connectivity index (χ1v) is 12.8. The molecule has 0 aliphatic heterocycles. The first-order valence-electron chi connectivity index (χ1n) is 10.2. The molecule has 0 atom stereocenters. The van der Waals surface area contributed by atoms with Crippen molar-refractivity contribution < 1.29 is 47.2 Å². The highest BCUT2D eigenvalue weighted by Crippen LogP contribution is 2.16. The number of hydrogen-bond donors (Lipinski definition) is 1. The number of ether oxygens (including phenoxy) is 4. The second-order valence-corrected chi connectivity index (χ2v) is 9.35. The lowest BCUT2D eigenvalue weighted by Crippen LogP contribution is -2.61. The normalized spacial score (nSPS) is 10.7. The maximum absolute atomic E-state index is 11.7. The number of halogens is 2. The van der Waals surface area contributed by atoms with Gasteiger partial charge < -0.3 is 29.2 Å². The summed E-state index contributed by atoms with van der Waals surface area (Å²) in [6.07, 6.45) is 1.70. The van der Waals surface area contributed by atoms with E-state index in [1.54, 1.807) is 48.5 Å². The van der Waals surface area contributed by atoms with Crippen molar-refractivity contribution in [1.29, 1.82) is 0 Å². The molecule has 0 aliphatic carbocycles. The minimum atomic E-state index is -3.92. The van der Waals surface area contributed by atoms with Crippen LogP contribution in [0.5, 0.6) is 11.5 Å². The van der Waals surface area contributed by atoms with Crippen LogP contribution in [0.1, 0.15) is 12.8 Å². The summed E-state index contributed by atoms with van der Waals surface area (Å²) < 4.78 is 48.1. The van der Waals surface area contributed by atoms with E-state index in [0.29, 0.717) is 40.6 Å². The molecule has 13 heteroatoms. The summed E-state index contributed by atoms with van der Waals surface area (Å²) >= 11 is 11.6. The Hall–Kier alpha value is -2.57. The number of benzene rings is 2. The Morgan fingerprint density at radius 1 is 0.829 bits per heavy atom. The SMILES string of the molecule is CS(=O)(=O)[O-].[NH3+]C(CCOC(=O)COc1ccc(Cl)cc1)CCOC(=O)COc1ccc(Cl)cc1. The van der Waals surface area contributed by atoms with Crippen LogP contribution >= 0.6 is 23.2 Å². The Kier molecular flexibility index (Phi) is 14.1. The molecule has 2 aromatic carbocycles. The molecule has 2 rings (SSSR count). The Morgan fingerprint density at radius 3 is 1.46 bits per heavy atom. The minimum Gasteiger partial charge on any atom is -0.748 e. The molecule has 194 valence electrons. The van der Waals surface area contributed by atoms with Gasteiger partial charge in [-0.2, -0.15) is 0 Å². The predicted molar refractivity (Wildman–Crippen MR) is 127 cm³/mol. The molecule has 10 nitrogen and oxygen atoms in total. The quantitative estimate of drug-likeness (QED) is 0.308. The van der Waals surface area contributed by atoms with E-state index in [4.69, 9.17) is 55.1 Å². The molecule has 0 amide bonds. The smallest absolute Gasteiger partial charge is 0.344 e. The molecular formula is C22H27Cl2NO9S. The Balaban J connectivity index is 0.00000111. The fraction of sp³-hybridized carbons (Fsp3) is 0.364. The van der Waals surface area contributed by atoms with Crippen molar-refractivity contribution in [3.63, 3.8) is 0 Å². The maximum Gasteiger partial charge on any atom is 0.344 e. The first-order chi connectivity index (χ1) is 16.4. The largest absolute Gasteiger partial charge is 0.748 e. The van der Waals surface area contributed by atoms with Gasteiger partial charge in [0.1, 0.15) is 11.5 Å². The second kappa shape index (κ2) is 16.2. The summed E-state index contributed by atoms with van der Waals surface area (Å²) in [5, 5.41) is 1.18. The Bertz CT molecular complexity index is 941. The van der Waals surface area contributed by atoms with Crippen LogP contribution in [0.3, 0.4) is 0 Å². The minimum absolute atomic E-state index is 0.0278. The Labute approximate surface area is 213 Å². The number of esters is 2. The van der Waals surface area contributed by atoms with Crippen molar-refractivity contribution in [2.75, 3.05) is 32.7 Å². The van der Waals surface area contributed by atoms with E-state index in [0.717, 1.165) is 0 Å². The first kappa shape index (κ1) is 30.5. The molecule has 35 heavy (non-hydrogen) atoms. The van der Waals surface area contributed by atoms with E-state index in [-0.39, 0.29) is 32.5 Å². The van der Waals surface area contributed by atoms with Gasteiger partial charge in [-0.1, -0.05) is 23.2 Å². The summed E-state index contributed by atoms with van der Waals surface area (Å²) in [5.74, 6) is 0.132. The van der Waals surface area contributed by atoms with E-state index in [9.17, 15) is 9.59 Å². The summed E-state index contributed by atoms with van der Waals surface area (Å²) in [6.45, 7) is 0.0541. The van der Waals surface area contributed by atoms with Crippen LogP contribution < -0.4 is 15.2 Å². The Morgan fingerprint density at radius 2 is 1.14 bits per heavy atom. The third-order valence-electron chi connectivity index (χ3n) is 3.92. The molecule has 0 saturated carbocycles. The molecule has 0 radical (unpaired) electrons. The third kappa shape index (κ3) is 17.5. The molecule has 0 bridgehead atoms. The molecule has 0 aromatic heterocycles. The molecule has 0 unspecified atom stereocenters. The standard InChI is InChI=1S/C21H23Cl2NO6.CH4O3S/c22-15-1-5-18(6-2-15)29-13-20(25)27-11-9-17(24)10-12-28-21(26)14-30-19-7-3-16(23)4-8-19;1-5(2,3)4/h1-8,17H,9-14,24H2;1H3,(H,2,3,4). The third-order valence-corrected chi connectivity index (χ3v) is 4.42. The van der Waals surface area contributed by atoms with Crippen molar-refractivity contribution >= 4 is 45.3 Å². The van der Waals surface area contributed by atoms with Crippen molar-refractivity contribution in [3.05, 3.63) is 58.6 Å². The zero-order chi connectivity index (χ0) is 26.3. The molecule has 0 saturated heterocycles. The summed E-state index contributed by atoms with van der Waals surface area (Å²) in [7, 11) is -3.92.